The Morgan fingerprint density at radius 3 is 2.07 bits per heavy atom. The van der Waals surface area contributed by atoms with Crippen molar-refractivity contribution in [3.8, 4) is 29.4 Å². The Balaban J connectivity index is 1.61. The van der Waals surface area contributed by atoms with Gasteiger partial charge in [0.15, 0.2) is 0 Å². The Kier molecular flexibility index (Phi) is 15.8. The van der Waals surface area contributed by atoms with E-state index in [1.165, 1.54) is 10.8 Å². The summed E-state index contributed by atoms with van der Waals surface area (Å²) in [4.78, 5) is 28.4. The fraction of sp³-hybridized carbons (Fsp3) is 0.419. The van der Waals surface area contributed by atoms with E-state index in [0.29, 0.717) is 17.9 Å². The summed E-state index contributed by atoms with van der Waals surface area (Å²) < 4.78 is 41.7. The van der Waals surface area contributed by atoms with Crippen LogP contribution in [0.1, 0.15) is 81.4 Å². The van der Waals surface area contributed by atoms with Crippen molar-refractivity contribution in [2.24, 2.45) is 0 Å². The number of rotatable bonds is 19. The normalized spacial score (nSPS) is 17.2. The molecule has 56 heavy (non-hydrogen) atoms. The van der Waals surface area contributed by atoms with Crippen LogP contribution in [0.25, 0.3) is 0 Å². The van der Waals surface area contributed by atoms with Gasteiger partial charge in [0.05, 0.1) is 46.0 Å². The summed E-state index contributed by atoms with van der Waals surface area (Å²) >= 11 is 0. The third-order valence-electron chi connectivity index (χ3n) is 9.33. The molecule has 12 nitrogen and oxygen atoms in total. The number of H-pyrrole nitrogens is 1. The fourth-order valence-corrected chi connectivity index (χ4v) is 8.43. The lowest BCUT2D eigenvalue weighted by molar-refractivity contribution is -0.0923. The van der Waals surface area contributed by atoms with Gasteiger partial charge in [-0.3, -0.25) is 14.3 Å². The molecule has 4 atom stereocenters. The third-order valence-corrected chi connectivity index (χ3v) is 11.0. The maximum Gasteiger partial charge on any atom is 0.330 e. The SMILES string of the molecule is CCC#Cc1cn(C2CC(OP(OCCC#N)N(CCC)CCC)C(COC(c3ccccc3)(c3ccc(OC)cc3)c3ccc(OC)cc3)O2)c(=O)[nH]c1=O. The molecule has 0 spiro atoms. The van der Waals surface area contributed by atoms with Crippen molar-refractivity contribution in [2.75, 3.05) is 40.5 Å². The van der Waals surface area contributed by atoms with Gasteiger partial charge in [-0.2, -0.15) is 5.26 Å². The van der Waals surface area contributed by atoms with Crippen LogP contribution < -0.4 is 20.7 Å². The first-order valence-corrected chi connectivity index (χ1v) is 20.1. The zero-order valence-corrected chi connectivity index (χ0v) is 33.6. The van der Waals surface area contributed by atoms with Gasteiger partial charge in [0, 0.05) is 32.1 Å². The molecule has 0 saturated carbocycles. The van der Waals surface area contributed by atoms with E-state index in [9.17, 15) is 14.9 Å². The topological polar surface area (TPSA) is 137 Å². The zero-order valence-electron chi connectivity index (χ0n) is 32.7. The Hall–Kier alpha value is -4.78. The monoisotopic (exact) mass is 782 g/mol. The number of nitrogens with one attached hydrogen (secondary N) is 1. The van der Waals surface area contributed by atoms with E-state index in [1.54, 1.807) is 14.2 Å². The number of aromatic amines is 1. The van der Waals surface area contributed by atoms with E-state index >= 15 is 0 Å². The molecule has 0 amide bonds. The lowest BCUT2D eigenvalue weighted by Gasteiger charge is -2.37. The minimum atomic E-state index is -1.63. The molecule has 296 valence electrons. The minimum Gasteiger partial charge on any atom is -0.497 e. The van der Waals surface area contributed by atoms with Gasteiger partial charge in [0.1, 0.15) is 35.0 Å². The first-order chi connectivity index (χ1) is 27.3. The number of aromatic nitrogens is 2. The van der Waals surface area contributed by atoms with E-state index in [1.807, 2.05) is 85.8 Å². The molecule has 1 fully saturated rings. The van der Waals surface area contributed by atoms with Gasteiger partial charge < -0.3 is 28.0 Å². The molecule has 1 aliphatic rings. The Morgan fingerprint density at radius 2 is 1.52 bits per heavy atom. The van der Waals surface area contributed by atoms with Gasteiger partial charge in [-0.05, 0) is 53.8 Å². The zero-order chi connectivity index (χ0) is 39.9. The Bertz CT molecular complexity index is 2000. The molecule has 5 rings (SSSR count). The average molecular weight is 783 g/mol. The summed E-state index contributed by atoms with van der Waals surface area (Å²) in [6.45, 7) is 7.77. The molecule has 4 unspecified atom stereocenters. The van der Waals surface area contributed by atoms with Crippen molar-refractivity contribution in [3.63, 3.8) is 0 Å². The van der Waals surface area contributed by atoms with Crippen LogP contribution in [0.3, 0.4) is 0 Å². The summed E-state index contributed by atoms with van der Waals surface area (Å²) in [6.07, 6.45) is 2.04. The second-order valence-corrected chi connectivity index (χ2v) is 14.6. The second kappa shape index (κ2) is 20.9. The number of benzene rings is 3. The third kappa shape index (κ3) is 10.1. The number of nitrogens with zero attached hydrogens (tertiary/aromatic N) is 3. The first-order valence-electron chi connectivity index (χ1n) is 19.0. The van der Waals surface area contributed by atoms with Crippen molar-refractivity contribution in [1.82, 2.24) is 14.2 Å². The van der Waals surface area contributed by atoms with E-state index in [0.717, 1.165) is 42.6 Å². The van der Waals surface area contributed by atoms with Crippen molar-refractivity contribution in [3.05, 3.63) is 128 Å². The molecule has 1 aliphatic heterocycles. The van der Waals surface area contributed by atoms with Gasteiger partial charge in [0.2, 0.25) is 0 Å². The van der Waals surface area contributed by atoms with Crippen molar-refractivity contribution >= 4 is 8.53 Å². The van der Waals surface area contributed by atoms with Crippen LogP contribution in [-0.4, -0.2) is 67.0 Å². The van der Waals surface area contributed by atoms with Crippen LogP contribution in [0.15, 0.2) is 94.6 Å². The van der Waals surface area contributed by atoms with E-state index < -0.39 is 43.8 Å². The van der Waals surface area contributed by atoms with Crippen LogP contribution in [0, 0.1) is 23.2 Å². The molecule has 1 aromatic heterocycles. The molecule has 13 heteroatoms. The molecule has 1 saturated heterocycles. The highest BCUT2D eigenvalue weighted by atomic mass is 31.2. The number of methoxy groups -OCH3 is 2. The van der Waals surface area contributed by atoms with Crippen LogP contribution in [0.5, 0.6) is 11.5 Å². The number of ether oxygens (including phenoxy) is 4. The maximum absolute atomic E-state index is 13.3. The maximum atomic E-state index is 13.3. The van der Waals surface area contributed by atoms with Crippen LogP contribution in [0.2, 0.25) is 0 Å². The van der Waals surface area contributed by atoms with Crippen molar-refractivity contribution in [1.29, 1.82) is 5.26 Å². The van der Waals surface area contributed by atoms with Gasteiger partial charge in [-0.1, -0.05) is 87.2 Å². The van der Waals surface area contributed by atoms with Gasteiger partial charge in [-0.25, -0.2) is 9.46 Å². The van der Waals surface area contributed by atoms with Crippen molar-refractivity contribution < 1.29 is 28.0 Å². The molecule has 0 radical (unpaired) electrons. The van der Waals surface area contributed by atoms with Gasteiger partial charge in [-0.15, -0.1) is 0 Å². The largest absolute Gasteiger partial charge is 0.497 e. The predicted molar refractivity (Wildman–Crippen MR) is 215 cm³/mol. The minimum absolute atomic E-state index is 0.0254. The summed E-state index contributed by atoms with van der Waals surface area (Å²) in [5.41, 5.74) is 0.394. The molecule has 4 aromatic rings. The van der Waals surface area contributed by atoms with Gasteiger partial charge >= 0.3 is 5.69 Å². The quantitative estimate of drug-likeness (QED) is 0.0448. The van der Waals surface area contributed by atoms with Crippen LogP contribution in [0.4, 0.5) is 0 Å². The fourth-order valence-electron chi connectivity index (χ4n) is 6.64. The number of nitriles is 1. The highest BCUT2D eigenvalue weighted by Crippen LogP contribution is 2.49. The van der Waals surface area contributed by atoms with E-state index in [-0.39, 0.29) is 31.6 Å². The molecule has 1 N–H and O–H groups in total. The van der Waals surface area contributed by atoms with E-state index in [2.05, 4.69) is 41.4 Å². The lowest BCUT2D eigenvalue weighted by Crippen LogP contribution is -2.39. The van der Waals surface area contributed by atoms with Crippen LogP contribution >= 0.6 is 8.53 Å². The average Bonchev–Trinajstić information content (AvgIpc) is 3.63. The molecule has 2 heterocycles. The van der Waals surface area contributed by atoms with Gasteiger partial charge in [0.25, 0.3) is 14.1 Å². The highest BCUT2D eigenvalue weighted by molar-refractivity contribution is 7.44. The van der Waals surface area contributed by atoms with E-state index in [4.69, 9.17) is 28.0 Å². The summed E-state index contributed by atoms with van der Waals surface area (Å²) in [7, 11) is 1.62. The summed E-state index contributed by atoms with van der Waals surface area (Å²) in [5, 5.41) is 9.33. The number of hydrogen-bond donors (Lipinski definition) is 1. The first kappa shape index (κ1) is 42.4. The molecular formula is C43H51N4O8P. The second-order valence-electron chi connectivity index (χ2n) is 13.1. The predicted octanol–water partition coefficient (Wildman–Crippen LogP) is 7.28. The molecule has 0 aliphatic carbocycles. The standard InChI is InChI=1S/C43H51N4O8P/c1-6-9-14-32-30-47(42(49)45-41(32)48)40-29-38(55-56(53-28-13-25-44)46(26-7-2)27-8-3)39(54-40)31-52-43(33-15-11-10-12-16-33,34-17-21-36(50-4)22-18-34)35-19-23-37(51-5)24-20-35/h10-12,15-24,30,38-40H,6-8,13,26-29,31H2,1-5H3,(H,45,48,49). The molecule has 0 bridgehead atoms. The smallest absolute Gasteiger partial charge is 0.330 e. The van der Waals surface area contributed by atoms with Crippen molar-refractivity contribution in [2.45, 2.75) is 76.9 Å². The lowest BCUT2D eigenvalue weighted by atomic mass is 9.80. The summed E-state index contributed by atoms with van der Waals surface area (Å²) in [6, 6.07) is 27.6. The summed E-state index contributed by atoms with van der Waals surface area (Å²) in [5.74, 6) is 7.17. The highest BCUT2D eigenvalue weighted by Gasteiger charge is 2.44. The molecule has 3 aromatic carbocycles. The number of hydrogen-bond acceptors (Lipinski definition) is 10. The Morgan fingerprint density at radius 1 is 0.911 bits per heavy atom. The van der Waals surface area contributed by atoms with Crippen LogP contribution in [-0.2, 0) is 24.1 Å². The molecular weight excluding hydrogens is 731 g/mol. The Labute approximate surface area is 330 Å².